The second kappa shape index (κ2) is 12.7. The number of benzene rings is 2. The molecule has 0 saturated carbocycles. The highest BCUT2D eigenvalue weighted by Gasteiger charge is 2.25. The molecule has 1 N–H and O–H groups in total. The molecular formula is C26H30N4O5S2. The number of aryl methyl sites for hydroxylation is 1. The fourth-order valence-electron chi connectivity index (χ4n) is 3.43. The van der Waals surface area contributed by atoms with Crippen LogP contribution in [0.15, 0.2) is 71.2 Å². The maximum Gasteiger partial charge on any atom is 0.338 e. The SMILES string of the molecule is C=CCn1c(CS(=O)(=O)c2ccc(C)cc2)nnc1SC(CC)C(=O)Nc1cccc(C(=O)OCC)c1. The van der Waals surface area contributed by atoms with Crippen molar-refractivity contribution in [3.63, 3.8) is 0 Å². The summed E-state index contributed by atoms with van der Waals surface area (Å²) < 4.78 is 32.6. The van der Waals surface area contributed by atoms with Crippen molar-refractivity contribution >= 4 is 39.2 Å². The molecule has 1 amide bonds. The molecule has 0 fully saturated rings. The van der Waals surface area contributed by atoms with E-state index in [2.05, 4.69) is 22.1 Å². The lowest BCUT2D eigenvalue weighted by Crippen LogP contribution is -2.25. The Balaban J connectivity index is 1.78. The van der Waals surface area contributed by atoms with Crippen LogP contribution in [0.5, 0.6) is 0 Å². The fourth-order valence-corrected chi connectivity index (χ4v) is 5.69. The molecule has 3 rings (SSSR count). The Morgan fingerprint density at radius 3 is 2.54 bits per heavy atom. The van der Waals surface area contributed by atoms with E-state index in [0.717, 1.165) is 5.56 Å². The summed E-state index contributed by atoms with van der Waals surface area (Å²) in [4.78, 5) is 25.3. The standard InChI is InChI=1S/C26H30N4O5S2/c1-5-15-30-23(17-37(33,34)21-13-11-18(4)12-14-21)28-29-26(30)36-22(6-2)24(31)27-20-10-8-9-19(16-20)25(32)35-7-3/h5,8-14,16,22H,1,6-7,15,17H2,2-4H3,(H,27,31). The lowest BCUT2D eigenvalue weighted by Gasteiger charge is -2.15. The fraction of sp³-hybridized carbons (Fsp3) is 0.308. The molecule has 0 spiro atoms. The zero-order valence-electron chi connectivity index (χ0n) is 21.0. The van der Waals surface area contributed by atoms with E-state index in [0.29, 0.717) is 22.8 Å². The lowest BCUT2D eigenvalue weighted by molar-refractivity contribution is -0.115. The second-order valence-corrected chi connectivity index (χ2v) is 11.3. The van der Waals surface area contributed by atoms with Crippen molar-refractivity contribution in [3.8, 4) is 0 Å². The van der Waals surface area contributed by atoms with Crippen molar-refractivity contribution in [2.45, 2.75) is 54.8 Å². The number of nitrogens with one attached hydrogen (secondary N) is 1. The summed E-state index contributed by atoms with van der Waals surface area (Å²) in [5.41, 5.74) is 1.77. The molecule has 11 heteroatoms. The minimum atomic E-state index is -3.65. The van der Waals surface area contributed by atoms with Gasteiger partial charge in [0.05, 0.1) is 22.3 Å². The number of hydrogen-bond acceptors (Lipinski definition) is 8. The molecule has 0 aliphatic carbocycles. The summed E-state index contributed by atoms with van der Waals surface area (Å²) in [6.07, 6.45) is 2.10. The smallest absolute Gasteiger partial charge is 0.338 e. The Morgan fingerprint density at radius 1 is 1.16 bits per heavy atom. The number of allylic oxidation sites excluding steroid dienone is 1. The van der Waals surface area contributed by atoms with Gasteiger partial charge in [-0.05, 0) is 50.6 Å². The van der Waals surface area contributed by atoms with E-state index in [1.54, 1.807) is 66.1 Å². The maximum atomic E-state index is 13.1. The molecule has 9 nitrogen and oxygen atoms in total. The molecule has 1 unspecified atom stereocenters. The predicted molar refractivity (Wildman–Crippen MR) is 143 cm³/mol. The number of amides is 1. The van der Waals surface area contributed by atoms with Crippen LogP contribution in [0.25, 0.3) is 0 Å². The molecule has 0 saturated heterocycles. The van der Waals surface area contributed by atoms with Gasteiger partial charge < -0.3 is 14.6 Å². The summed E-state index contributed by atoms with van der Waals surface area (Å²) in [5, 5.41) is 11.0. The van der Waals surface area contributed by atoms with Crippen molar-refractivity contribution in [3.05, 3.63) is 78.1 Å². The quantitative estimate of drug-likeness (QED) is 0.203. The Bertz CT molecular complexity index is 1370. The molecule has 1 atom stereocenters. The van der Waals surface area contributed by atoms with Gasteiger partial charge in [0.2, 0.25) is 5.91 Å². The average Bonchev–Trinajstić information content (AvgIpc) is 3.23. The van der Waals surface area contributed by atoms with Gasteiger partial charge in [-0.3, -0.25) is 4.79 Å². The highest BCUT2D eigenvalue weighted by atomic mass is 32.2. The van der Waals surface area contributed by atoms with Crippen LogP contribution < -0.4 is 5.32 Å². The van der Waals surface area contributed by atoms with Crippen LogP contribution in [0.1, 0.15) is 42.0 Å². The first-order chi connectivity index (χ1) is 17.7. The summed E-state index contributed by atoms with van der Waals surface area (Å²) in [5.74, 6) is -0.817. The van der Waals surface area contributed by atoms with Crippen LogP contribution in [0.3, 0.4) is 0 Å². The zero-order valence-corrected chi connectivity index (χ0v) is 22.6. The molecule has 0 aliphatic rings. The Labute approximate surface area is 221 Å². The van der Waals surface area contributed by atoms with Gasteiger partial charge in [-0.1, -0.05) is 48.5 Å². The van der Waals surface area contributed by atoms with E-state index < -0.39 is 21.1 Å². The number of carbonyl (C=O) groups is 2. The monoisotopic (exact) mass is 542 g/mol. The van der Waals surface area contributed by atoms with Gasteiger partial charge in [-0.15, -0.1) is 16.8 Å². The summed E-state index contributed by atoms with van der Waals surface area (Å²) in [6, 6.07) is 13.2. The lowest BCUT2D eigenvalue weighted by atomic mass is 10.2. The molecule has 3 aromatic rings. The van der Waals surface area contributed by atoms with Gasteiger partial charge in [-0.25, -0.2) is 13.2 Å². The van der Waals surface area contributed by atoms with E-state index >= 15 is 0 Å². The highest BCUT2D eigenvalue weighted by Crippen LogP contribution is 2.27. The summed E-state index contributed by atoms with van der Waals surface area (Å²) in [6.45, 7) is 9.77. The van der Waals surface area contributed by atoms with Crippen LogP contribution >= 0.6 is 11.8 Å². The Kier molecular flexibility index (Phi) is 9.65. The summed E-state index contributed by atoms with van der Waals surface area (Å²) in [7, 11) is -3.65. The largest absolute Gasteiger partial charge is 0.462 e. The molecule has 37 heavy (non-hydrogen) atoms. The molecule has 1 heterocycles. The number of sulfone groups is 1. The van der Waals surface area contributed by atoms with E-state index in [9.17, 15) is 18.0 Å². The number of rotatable bonds is 12. The van der Waals surface area contributed by atoms with Crippen molar-refractivity contribution in [2.24, 2.45) is 0 Å². The zero-order chi connectivity index (χ0) is 27.0. The normalized spacial score (nSPS) is 12.1. The number of aromatic nitrogens is 3. The van der Waals surface area contributed by atoms with Crippen LogP contribution in [0.4, 0.5) is 5.69 Å². The number of anilines is 1. The van der Waals surface area contributed by atoms with E-state index in [1.807, 2.05) is 13.8 Å². The number of nitrogens with zero attached hydrogens (tertiary/aromatic N) is 3. The van der Waals surface area contributed by atoms with Crippen molar-refractivity contribution in [2.75, 3.05) is 11.9 Å². The van der Waals surface area contributed by atoms with Gasteiger partial charge in [0.1, 0.15) is 11.6 Å². The van der Waals surface area contributed by atoms with E-state index in [1.165, 1.54) is 11.8 Å². The third-order valence-electron chi connectivity index (χ3n) is 5.36. The second-order valence-electron chi connectivity index (χ2n) is 8.18. The minimum Gasteiger partial charge on any atom is -0.462 e. The van der Waals surface area contributed by atoms with Crippen LogP contribution in [0.2, 0.25) is 0 Å². The number of esters is 1. The highest BCUT2D eigenvalue weighted by molar-refractivity contribution is 8.00. The van der Waals surface area contributed by atoms with Gasteiger partial charge in [0.15, 0.2) is 15.0 Å². The van der Waals surface area contributed by atoms with Crippen LogP contribution in [-0.2, 0) is 31.7 Å². The van der Waals surface area contributed by atoms with Crippen LogP contribution in [-0.4, -0.2) is 46.9 Å². The van der Waals surface area contributed by atoms with Crippen molar-refractivity contribution in [1.82, 2.24) is 14.8 Å². The Morgan fingerprint density at radius 2 is 1.89 bits per heavy atom. The van der Waals surface area contributed by atoms with Crippen LogP contribution in [0, 0.1) is 6.92 Å². The van der Waals surface area contributed by atoms with E-state index in [4.69, 9.17) is 4.74 Å². The van der Waals surface area contributed by atoms with Gasteiger partial charge in [0, 0.05) is 12.2 Å². The van der Waals surface area contributed by atoms with Crippen molar-refractivity contribution < 1.29 is 22.7 Å². The molecular weight excluding hydrogens is 512 g/mol. The first-order valence-electron chi connectivity index (χ1n) is 11.8. The van der Waals surface area contributed by atoms with Gasteiger partial charge in [-0.2, -0.15) is 0 Å². The molecule has 0 aliphatic heterocycles. The molecule has 196 valence electrons. The first-order valence-corrected chi connectivity index (χ1v) is 14.3. The predicted octanol–water partition coefficient (Wildman–Crippen LogP) is 4.43. The van der Waals surface area contributed by atoms with E-state index in [-0.39, 0.29) is 35.5 Å². The molecule has 0 radical (unpaired) electrons. The topological polar surface area (TPSA) is 120 Å². The van der Waals surface area contributed by atoms with Crippen molar-refractivity contribution in [1.29, 1.82) is 0 Å². The number of hydrogen-bond donors (Lipinski definition) is 1. The molecule has 0 bridgehead atoms. The van der Waals surface area contributed by atoms with Gasteiger partial charge >= 0.3 is 5.97 Å². The third-order valence-corrected chi connectivity index (χ3v) is 8.33. The van der Waals surface area contributed by atoms with Gasteiger partial charge in [0.25, 0.3) is 0 Å². The number of ether oxygens (including phenoxy) is 1. The average molecular weight is 543 g/mol. The summed E-state index contributed by atoms with van der Waals surface area (Å²) >= 11 is 1.19. The Hall–Kier alpha value is -3.44. The first kappa shape index (κ1) is 28.1. The number of thioether (sulfide) groups is 1. The number of carbonyl (C=O) groups excluding carboxylic acids is 2. The minimum absolute atomic E-state index is 0.205. The third kappa shape index (κ3) is 7.30. The maximum absolute atomic E-state index is 13.1. The molecule has 1 aromatic heterocycles. The molecule has 2 aromatic carbocycles.